The van der Waals surface area contributed by atoms with Gasteiger partial charge in [-0.25, -0.2) is 4.98 Å². The lowest BCUT2D eigenvalue weighted by Crippen LogP contribution is -2.24. The van der Waals surface area contributed by atoms with Crippen molar-refractivity contribution in [1.29, 1.82) is 0 Å². The maximum absolute atomic E-state index is 13.9. The number of nitrogens with one attached hydrogen (secondary N) is 1. The van der Waals surface area contributed by atoms with Gasteiger partial charge >= 0.3 is 6.18 Å². The number of benzene rings is 1. The van der Waals surface area contributed by atoms with E-state index < -0.39 is 17.8 Å². The van der Waals surface area contributed by atoms with Crippen LogP contribution in [0, 0.1) is 0 Å². The van der Waals surface area contributed by atoms with Crippen LogP contribution < -0.4 is 5.32 Å². The number of pyridine rings is 2. The Morgan fingerprint density at radius 3 is 2.38 bits per heavy atom. The van der Waals surface area contributed by atoms with Crippen LogP contribution in [0.5, 0.6) is 0 Å². The van der Waals surface area contributed by atoms with Gasteiger partial charge in [-0.3, -0.25) is 9.78 Å². The van der Waals surface area contributed by atoms with Crippen molar-refractivity contribution in [2.75, 3.05) is 18.9 Å². The predicted octanol–water partition coefficient (Wildman–Crippen LogP) is 6.83. The van der Waals surface area contributed by atoms with Crippen molar-refractivity contribution in [2.45, 2.75) is 19.1 Å². The van der Waals surface area contributed by atoms with Gasteiger partial charge in [0.15, 0.2) is 11.3 Å². The summed E-state index contributed by atoms with van der Waals surface area (Å²) in [7, 11) is 1.73. The molecule has 0 bridgehead atoms. The Balaban J connectivity index is 0.00000241. The number of nitrogens with zero attached hydrogens (tertiary/aromatic N) is 4. The molecule has 4 rings (SSSR count). The normalized spacial score (nSPS) is 11.2. The Morgan fingerprint density at radius 2 is 1.76 bits per heavy atom. The minimum atomic E-state index is -4.68. The SMILES string of the molecule is CN(CCc1ccccn1)Cc1c(C(F)(F)F)nc2c(NC(=O)c3c(Cl)cccc3Cl)cccn12.Cl.Cl. The highest BCUT2D eigenvalue weighted by molar-refractivity contribution is 6.40. The smallest absolute Gasteiger partial charge is 0.319 e. The number of hydrogen-bond acceptors (Lipinski definition) is 4. The lowest BCUT2D eigenvalue weighted by molar-refractivity contribution is -0.141. The average Bonchev–Trinajstić information content (AvgIpc) is 3.18. The molecule has 0 spiro atoms. The highest BCUT2D eigenvalue weighted by Crippen LogP contribution is 2.34. The van der Waals surface area contributed by atoms with Gasteiger partial charge < -0.3 is 14.6 Å². The molecule has 0 saturated heterocycles. The van der Waals surface area contributed by atoms with E-state index in [1.54, 1.807) is 30.3 Å². The number of halogens is 7. The van der Waals surface area contributed by atoms with Crippen molar-refractivity contribution in [3.05, 3.63) is 93.6 Å². The number of fused-ring (bicyclic) bond motifs is 1. The van der Waals surface area contributed by atoms with Crippen LogP contribution in [0.3, 0.4) is 0 Å². The fourth-order valence-corrected chi connectivity index (χ4v) is 4.25. The van der Waals surface area contributed by atoms with Crippen LogP contribution >= 0.6 is 48.0 Å². The summed E-state index contributed by atoms with van der Waals surface area (Å²) in [4.78, 5) is 22.7. The minimum absolute atomic E-state index is 0. The van der Waals surface area contributed by atoms with E-state index in [0.29, 0.717) is 13.0 Å². The molecule has 0 aliphatic rings. The Hall–Kier alpha value is -2.56. The lowest BCUT2D eigenvalue weighted by atomic mass is 10.2. The van der Waals surface area contributed by atoms with Gasteiger partial charge in [0.2, 0.25) is 0 Å². The van der Waals surface area contributed by atoms with Crippen LogP contribution in [0.1, 0.15) is 27.4 Å². The molecule has 3 heterocycles. The number of rotatable bonds is 7. The summed E-state index contributed by atoms with van der Waals surface area (Å²) in [5, 5.41) is 2.84. The lowest BCUT2D eigenvalue weighted by Gasteiger charge is -2.18. The summed E-state index contributed by atoms with van der Waals surface area (Å²) < 4.78 is 43.1. The molecule has 6 nitrogen and oxygen atoms in total. The fourth-order valence-electron chi connectivity index (χ4n) is 3.68. The molecular weight excluding hydrogens is 573 g/mol. The number of alkyl halides is 3. The first-order valence-electron chi connectivity index (χ1n) is 10.6. The second kappa shape index (κ2) is 12.8. The second-order valence-corrected chi connectivity index (χ2v) is 8.69. The van der Waals surface area contributed by atoms with Crippen LogP contribution in [0.25, 0.3) is 5.65 Å². The Morgan fingerprint density at radius 1 is 1.05 bits per heavy atom. The summed E-state index contributed by atoms with van der Waals surface area (Å²) >= 11 is 12.2. The quantitative estimate of drug-likeness (QED) is 0.255. The number of carbonyl (C=O) groups excluding carboxylic acids is 1. The summed E-state index contributed by atoms with van der Waals surface area (Å²) in [6, 6.07) is 13.1. The third-order valence-electron chi connectivity index (χ3n) is 5.35. The maximum Gasteiger partial charge on any atom is 0.435 e. The maximum atomic E-state index is 13.9. The molecule has 4 aromatic rings. The number of amides is 1. The first-order valence-corrected chi connectivity index (χ1v) is 11.3. The molecule has 0 aliphatic carbocycles. The number of anilines is 1. The van der Waals surface area contributed by atoms with Gasteiger partial charge in [-0.05, 0) is 43.4 Å². The zero-order valence-corrected chi connectivity index (χ0v) is 22.4. The second-order valence-electron chi connectivity index (χ2n) is 7.88. The van der Waals surface area contributed by atoms with E-state index in [2.05, 4.69) is 15.3 Å². The molecule has 0 aliphatic heterocycles. The van der Waals surface area contributed by atoms with Gasteiger partial charge in [0.1, 0.15) is 0 Å². The summed E-state index contributed by atoms with van der Waals surface area (Å²) in [5.74, 6) is -0.653. The molecule has 0 atom stereocenters. The number of carbonyl (C=O) groups is 1. The molecule has 37 heavy (non-hydrogen) atoms. The summed E-state index contributed by atoms with van der Waals surface area (Å²) in [6.45, 7) is 0.472. The van der Waals surface area contributed by atoms with Crippen molar-refractivity contribution in [1.82, 2.24) is 19.3 Å². The van der Waals surface area contributed by atoms with E-state index in [1.165, 1.54) is 34.9 Å². The van der Waals surface area contributed by atoms with Crippen LogP contribution in [0.15, 0.2) is 60.9 Å². The zero-order chi connectivity index (χ0) is 25.2. The monoisotopic (exact) mass is 593 g/mol. The standard InChI is InChI=1S/C24H20Cl2F3N5O.2ClH/c1-33(13-10-15-6-2-3-11-30-15)14-19-21(24(27,28)29)32-22-18(9-5-12-34(19)22)31-23(35)20-16(25)7-4-8-17(20)26;;/h2-9,11-12H,10,13-14H2,1H3,(H,31,35);2*1H. The Bertz CT molecular complexity index is 1350. The van der Waals surface area contributed by atoms with Crippen LogP contribution in [-0.2, 0) is 19.1 Å². The zero-order valence-electron chi connectivity index (χ0n) is 19.3. The number of aromatic nitrogens is 3. The molecule has 3 aromatic heterocycles. The van der Waals surface area contributed by atoms with E-state index in [-0.39, 0.29) is 64.0 Å². The molecular formula is C24H22Cl4F3N5O. The van der Waals surface area contributed by atoms with Gasteiger partial charge in [-0.2, -0.15) is 13.2 Å². The van der Waals surface area contributed by atoms with Crippen LogP contribution in [-0.4, -0.2) is 38.8 Å². The number of hydrogen-bond donors (Lipinski definition) is 1. The third-order valence-corrected chi connectivity index (χ3v) is 5.98. The van der Waals surface area contributed by atoms with E-state index in [4.69, 9.17) is 23.2 Å². The van der Waals surface area contributed by atoms with Crippen molar-refractivity contribution >= 4 is 65.3 Å². The fraction of sp³-hybridized carbons (Fsp3) is 0.208. The average molecular weight is 595 g/mol. The largest absolute Gasteiger partial charge is 0.435 e. The van der Waals surface area contributed by atoms with Crippen LogP contribution in [0.2, 0.25) is 10.0 Å². The molecule has 0 fully saturated rings. The highest BCUT2D eigenvalue weighted by Gasteiger charge is 2.38. The van der Waals surface area contributed by atoms with Crippen LogP contribution in [0.4, 0.5) is 18.9 Å². The molecule has 0 radical (unpaired) electrons. The van der Waals surface area contributed by atoms with E-state index in [0.717, 1.165) is 5.69 Å². The van der Waals surface area contributed by atoms with Gasteiger partial charge in [-0.15, -0.1) is 24.8 Å². The van der Waals surface area contributed by atoms with Crippen molar-refractivity contribution < 1.29 is 18.0 Å². The van der Waals surface area contributed by atoms with Gasteiger partial charge in [0.25, 0.3) is 5.91 Å². The highest BCUT2D eigenvalue weighted by atomic mass is 35.5. The van der Waals surface area contributed by atoms with Gasteiger partial charge in [0.05, 0.1) is 27.0 Å². The molecule has 13 heteroatoms. The predicted molar refractivity (Wildman–Crippen MR) is 143 cm³/mol. The van der Waals surface area contributed by atoms with Crippen molar-refractivity contribution in [3.63, 3.8) is 0 Å². The molecule has 198 valence electrons. The minimum Gasteiger partial charge on any atom is -0.319 e. The van der Waals surface area contributed by atoms with E-state index in [9.17, 15) is 18.0 Å². The Kier molecular flexibility index (Phi) is 10.6. The molecule has 1 amide bonds. The molecule has 0 saturated carbocycles. The van der Waals surface area contributed by atoms with Gasteiger partial charge in [-0.1, -0.05) is 35.3 Å². The molecule has 0 unspecified atom stereocenters. The van der Waals surface area contributed by atoms with Crippen molar-refractivity contribution in [2.24, 2.45) is 0 Å². The van der Waals surface area contributed by atoms with E-state index >= 15 is 0 Å². The first-order chi connectivity index (χ1) is 16.6. The first kappa shape index (κ1) is 30.7. The number of imidazole rings is 1. The van der Waals surface area contributed by atoms with Gasteiger partial charge in [0, 0.05) is 37.6 Å². The summed E-state index contributed by atoms with van der Waals surface area (Å²) in [5.41, 5.74) is -0.125. The van der Waals surface area contributed by atoms with E-state index in [1.807, 2.05) is 12.1 Å². The number of likely N-dealkylation sites (N-methyl/N-ethyl adjacent to an activating group) is 1. The Labute approximate surface area is 233 Å². The molecule has 1 aromatic carbocycles. The molecule has 1 N–H and O–H groups in total. The third kappa shape index (κ3) is 7.06. The van der Waals surface area contributed by atoms with Crippen molar-refractivity contribution in [3.8, 4) is 0 Å². The topological polar surface area (TPSA) is 62.5 Å². The summed E-state index contributed by atoms with van der Waals surface area (Å²) in [6.07, 6.45) is -0.948.